The van der Waals surface area contributed by atoms with Gasteiger partial charge in [-0.25, -0.2) is 0 Å². The Morgan fingerprint density at radius 2 is 1.93 bits per heavy atom. The Balaban J connectivity index is 1.63. The van der Waals surface area contributed by atoms with Crippen molar-refractivity contribution < 1.29 is 9.53 Å². The zero-order valence-corrected chi connectivity index (χ0v) is 19.0. The minimum atomic E-state index is -0.265. The van der Waals surface area contributed by atoms with E-state index in [-0.39, 0.29) is 17.8 Å². The summed E-state index contributed by atoms with van der Waals surface area (Å²) in [5.74, 6) is 1.68. The van der Waals surface area contributed by atoms with Gasteiger partial charge in [-0.1, -0.05) is 45.9 Å². The number of para-hydroxylation sites is 1. The summed E-state index contributed by atoms with van der Waals surface area (Å²) in [4.78, 5) is 12.3. The van der Waals surface area contributed by atoms with E-state index in [2.05, 4.69) is 31.4 Å². The van der Waals surface area contributed by atoms with Crippen molar-refractivity contribution in [3.05, 3.63) is 64.4 Å². The largest absolute Gasteiger partial charge is 0.483 e. The Morgan fingerprint density at radius 1 is 1.21 bits per heavy atom. The zero-order chi connectivity index (χ0) is 20.8. The first-order valence-electron chi connectivity index (χ1n) is 9.31. The van der Waals surface area contributed by atoms with Gasteiger partial charge in [0.05, 0.1) is 5.75 Å². The summed E-state index contributed by atoms with van der Waals surface area (Å²) >= 11 is 4.79. The van der Waals surface area contributed by atoms with Crippen LogP contribution in [-0.4, -0.2) is 26.4 Å². The fourth-order valence-corrected chi connectivity index (χ4v) is 3.88. The highest BCUT2D eigenvalue weighted by Crippen LogP contribution is 2.26. The molecule has 0 bridgehead atoms. The predicted molar refractivity (Wildman–Crippen MR) is 119 cm³/mol. The van der Waals surface area contributed by atoms with Gasteiger partial charge in [-0.15, -0.1) is 10.2 Å². The number of halogens is 1. The molecule has 1 atom stereocenters. The van der Waals surface area contributed by atoms with Crippen molar-refractivity contribution in [3.8, 4) is 5.75 Å². The second kappa shape index (κ2) is 9.93. The number of nitrogens with zero attached hydrogens (tertiary/aromatic N) is 3. The molecule has 0 saturated heterocycles. The average Bonchev–Trinajstić information content (AvgIpc) is 3.13. The molecule has 8 heteroatoms. The number of rotatable bonds is 8. The highest BCUT2D eigenvalue weighted by molar-refractivity contribution is 9.10. The molecule has 0 fully saturated rings. The molecule has 6 nitrogen and oxygen atoms in total. The number of thioether (sulfide) groups is 1. The van der Waals surface area contributed by atoms with Gasteiger partial charge in [-0.3, -0.25) is 4.79 Å². The van der Waals surface area contributed by atoms with E-state index in [1.807, 2.05) is 73.9 Å². The average molecular weight is 475 g/mol. The Labute approximate surface area is 183 Å². The van der Waals surface area contributed by atoms with Gasteiger partial charge < -0.3 is 14.6 Å². The van der Waals surface area contributed by atoms with Crippen LogP contribution in [0.3, 0.4) is 0 Å². The van der Waals surface area contributed by atoms with Crippen LogP contribution in [0.4, 0.5) is 5.69 Å². The topological polar surface area (TPSA) is 69.0 Å². The van der Waals surface area contributed by atoms with Crippen molar-refractivity contribution in [2.75, 3.05) is 11.1 Å². The van der Waals surface area contributed by atoms with Crippen LogP contribution in [-0.2, 0) is 11.3 Å². The molecule has 29 heavy (non-hydrogen) atoms. The predicted octanol–water partition coefficient (Wildman–Crippen LogP) is 5.24. The summed E-state index contributed by atoms with van der Waals surface area (Å²) < 4.78 is 8.97. The Morgan fingerprint density at radius 3 is 2.62 bits per heavy atom. The van der Waals surface area contributed by atoms with Gasteiger partial charge in [0.2, 0.25) is 5.91 Å². The fourth-order valence-electron chi connectivity index (χ4n) is 2.80. The summed E-state index contributed by atoms with van der Waals surface area (Å²) in [5.41, 5.74) is 1.86. The zero-order valence-electron chi connectivity index (χ0n) is 16.6. The monoisotopic (exact) mass is 474 g/mol. The van der Waals surface area contributed by atoms with E-state index >= 15 is 0 Å². The van der Waals surface area contributed by atoms with Crippen LogP contribution in [0.25, 0.3) is 0 Å². The standard InChI is InChI=1S/C21H23BrN4O2S/c1-4-26-20(15(3)28-17-11-9-16(22)10-12-17)24-25-21(26)29-13-19(27)23-18-8-6-5-7-14(18)2/h5-12,15H,4,13H2,1-3H3,(H,23,27). The quantitative estimate of drug-likeness (QED) is 0.452. The number of aromatic nitrogens is 3. The Hall–Kier alpha value is -2.32. The molecule has 1 unspecified atom stereocenters. The fraction of sp³-hybridized carbons (Fsp3) is 0.286. The number of ether oxygens (including phenoxy) is 1. The molecular weight excluding hydrogens is 452 g/mol. The number of anilines is 1. The highest BCUT2D eigenvalue weighted by atomic mass is 79.9. The molecule has 1 heterocycles. The molecule has 1 aromatic heterocycles. The molecule has 0 aliphatic carbocycles. The SMILES string of the molecule is CCn1c(SCC(=O)Nc2ccccc2C)nnc1C(C)Oc1ccc(Br)cc1. The minimum Gasteiger partial charge on any atom is -0.483 e. The summed E-state index contributed by atoms with van der Waals surface area (Å²) in [7, 11) is 0. The van der Waals surface area contributed by atoms with Crippen molar-refractivity contribution in [2.24, 2.45) is 0 Å². The van der Waals surface area contributed by atoms with Gasteiger partial charge >= 0.3 is 0 Å². The van der Waals surface area contributed by atoms with Crippen LogP contribution >= 0.6 is 27.7 Å². The molecule has 2 aromatic carbocycles. The van der Waals surface area contributed by atoms with Gasteiger partial charge in [0.25, 0.3) is 0 Å². The third kappa shape index (κ3) is 5.61. The molecule has 0 aliphatic heterocycles. The van der Waals surface area contributed by atoms with Gasteiger partial charge in [-0.05, 0) is 56.7 Å². The first-order chi connectivity index (χ1) is 14.0. The first kappa shape index (κ1) is 21.4. The van der Waals surface area contributed by atoms with Gasteiger partial charge in [0.15, 0.2) is 17.1 Å². The van der Waals surface area contributed by atoms with Gasteiger partial charge in [0, 0.05) is 16.7 Å². The van der Waals surface area contributed by atoms with Crippen LogP contribution in [0, 0.1) is 6.92 Å². The maximum Gasteiger partial charge on any atom is 0.234 e. The van der Waals surface area contributed by atoms with E-state index in [0.717, 1.165) is 27.3 Å². The van der Waals surface area contributed by atoms with Gasteiger partial charge in [-0.2, -0.15) is 0 Å². The molecular formula is C21H23BrN4O2S. The molecule has 1 amide bonds. The molecule has 0 saturated carbocycles. The highest BCUT2D eigenvalue weighted by Gasteiger charge is 2.19. The molecule has 152 valence electrons. The lowest BCUT2D eigenvalue weighted by molar-refractivity contribution is -0.113. The lowest BCUT2D eigenvalue weighted by atomic mass is 10.2. The Bertz CT molecular complexity index is 975. The van der Waals surface area contributed by atoms with Crippen LogP contribution in [0.1, 0.15) is 31.3 Å². The number of hydrogen-bond donors (Lipinski definition) is 1. The van der Waals surface area contributed by atoms with Crippen LogP contribution in [0.15, 0.2) is 58.2 Å². The maximum absolute atomic E-state index is 12.3. The maximum atomic E-state index is 12.3. The third-order valence-electron chi connectivity index (χ3n) is 4.30. The molecule has 1 N–H and O–H groups in total. The van der Waals surface area contributed by atoms with Gasteiger partial charge in [0.1, 0.15) is 5.75 Å². The Kier molecular flexibility index (Phi) is 7.33. The number of aryl methyl sites for hydroxylation is 1. The molecule has 0 radical (unpaired) electrons. The van der Waals surface area contributed by atoms with E-state index in [1.165, 1.54) is 11.8 Å². The molecule has 0 spiro atoms. The number of amides is 1. The first-order valence-corrected chi connectivity index (χ1v) is 11.1. The number of nitrogens with one attached hydrogen (secondary N) is 1. The summed E-state index contributed by atoms with van der Waals surface area (Å²) in [6, 6.07) is 15.4. The smallest absolute Gasteiger partial charge is 0.234 e. The van der Waals surface area contributed by atoms with Crippen LogP contribution in [0.5, 0.6) is 5.75 Å². The van der Waals surface area contributed by atoms with Crippen molar-refractivity contribution in [3.63, 3.8) is 0 Å². The van der Waals surface area contributed by atoms with Crippen molar-refractivity contribution in [1.29, 1.82) is 0 Å². The van der Waals surface area contributed by atoms with E-state index in [1.54, 1.807) is 0 Å². The third-order valence-corrected chi connectivity index (χ3v) is 5.80. The van der Waals surface area contributed by atoms with Crippen LogP contribution in [0.2, 0.25) is 0 Å². The van der Waals surface area contributed by atoms with E-state index in [9.17, 15) is 4.79 Å². The van der Waals surface area contributed by atoms with E-state index in [0.29, 0.717) is 11.7 Å². The number of hydrogen-bond acceptors (Lipinski definition) is 5. The van der Waals surface area contributed by atoms with Crippen molar-refractivity contribution in [2.45, 2.75) is 38.6 Å². The van der Waals surface area contributed by atoms with Crippen molar-refractivity contribution in [1.82, 2.24) is 14.8 Å². The summed E-state index contributed by atoms with van der Waals surface area (Å²) in [5, 5.41) is 12.2. The second-order valence-electron chi connectivity index (χ2n) is 6.45. The van der Waals surface area contributed by atoms with Crippen molar-refractivity contribution >= 4 is 39.3 Å². The lowest BCUT2D eigenvalue weighted by Gasteiger charge is -2.15. The lowest BCUT2D eigenvalue weighted by Crippen LogP contribution is -2.16. The normalized spacial score (nSPS) is 11.9. The summed E-state index contributed by atoms with van der Waals surface area (Å²) in [6.45, 7) is 6.63. The summed E-state index contributed by atoms with van der Waals surface area (Å²) in [6.07, 6.45) is -0.265. The molecule has 3 aromatic rings. The van der Waals surface area contributed by atoms with Crippen LogP contribution < -0.4 is 10.1 Å². The minimum absolute atomic E-state index is 0.0735. The second-order valence-corrected chi connectivity index (χ2v) is 8.31. The number of carbonyl (C=O) groups is 1. The van der Waals surface area contributed by atoms with E-state index < -0.39 is 0 Å². The number of benzene rings is 2. The van der Waals surface area contributed by atoms with E-state index in [4.69, 9.17) is 4.74 Å². The molecule has 3 rings (SSSR count). The molecule has 0 aliphatic rings. The number of carbonyl (C=O) groups excluding carboxylic acids is 1.